The van der Waals surface area contributed by atoms with Gasteiger partial charge in [-0.1, -0.05) is 13.0 Å². The Balaban J connectivity index is 2.10. The van der Waals surface area contributed by atoms with Crippen molar-refractivity contribution in [2.24, 2.45) is 0 Å². The summed E-state index contributed by atoms with van der Waals surface area (Å²) in [4.78, 5) is 11.3. The van der Waals surface area contributed by atoms with Crippen LogP contribution in [0.1, 0.15) is 18.9 Å². The van der Waals surface area contributed by atoms with Crippen molar-refractivity contribution in [2.75, 3.05) is 11.9 Å². The smallest absolute Gasteiger partial charge is 0.242 e. The summed E-state index contributed by atoms with van der Waals surface area (Å²) in [5, 5.41) is 5.76. The molecule has 1 aliphatic rings. The first kappa shape index (κ1) is 10.9. The molecule has 1 amide bonds. The minimum absolute atomic E-state index is 0.0139. The van der Waals surface area contributed by atoms with Crippen LogP contribution in [-0.4, -0.2) is 18.5 Å². The minimum Gasteiger partial charge on any atom is -0.374 e. The van der Waals surface area contributed by atoms with Crippen LogP contribution in [0.5, 0.6) is 0 Å². The maximum Gasteiger partial charge on any atom is 0.242 e. The van der Waals surface area contributed by atoms with Crippen LogP contribution in [0.3, 0.4) is 0 Å². The molecule has 1 aliphatic heterocycles. The molecule has 2 N–H and O–H groups in total. The van der Waals surface area contributed by atoms with Crippen molar-refractivity contribution in [1.82, 2.24) is 5.32 Å². The van der Waals surface area contributed by atoms with Crippen LogP contribution in [0.15, 0.2) is 18.2 Å². The molecule has 0 saturated carbocycles. The first-order valence-corrected chi connectivity index (χ1v) is 5.53. The van der Waals surface area contributed by atoms with Gasteiger partial charge in [0.15, 0.2) is 0 Å². The summed E-state index contributed by atoms with van der Waals surface area (Å²) in [6, 6.07) is 4.79. The number of hydrogen-bond donors (Lipinski definition) is 2. The second-order valence-electron chi connectivity index (χ2n) is 3.94. The number of benzene rings is 1. The standard InChI is InChI=1S/C12H15FN2O/c1-2-8-3-4-9(7-10(8)13)15-11-5-6-14-12(11)16/h3-4,7,11,15H,2,5-6H2,1H3,(H,14,16)/t11-/m0/s1. The molecule has 16 heavy (non-hydrogen) atoms. The van der Waals surface area contributed by atoms with Crippen LogP contribution < -0.4 is 10.6 Å². The van der Waals surface area contributed by atoms with Gasteiger partial charge in [0.25, 0.3) is 0 Å². The number of carbonyl (C=O) groups excluding carboxylic acids is 1. The van der Waals surface area contributed by atoms with E-state index in [0.29, 0.717) is 24.2 Å². The Bertz CT molecular complexity index is 406. The summed E-state index contributed by atoms with van der Waals surface area (Å²) < 4.78 is 13.5. The number of carbonyl (C=O) groups is 1. The van der Waals surface area contributed by atoms with Gasteiger partial charge in [0.1, 0.15) is 11.9 Å². The zero-order valence-corrected chi connectivity index (χ0v) is 9.22. The number of rotatable bonds is 3. The molecule has 86 valence electrons. The Morgan fingerprint density at radius 1 is 1.56 bits per heavy atom. The number of halogens is 1. The van der Waals surface area contributed by atoms with Gasteiger partial charge in [-0.3, -0.25) is 4.79 Å². The van der Waals surface area contributed by atoms with Crippen LogP contribution in [0.2, 0.25) is 0 Å². The van der Waals surface area contributed by atoms with Crippen molar-refractivity contribution in [2.45, 2.75) is 25.8 Å². The third-order valence-electron chi connectivity index (χ3n) is 2.82. The van der Waals surface area contributed by atoms with Gasteiger partial charge in [-0.25, -0.2) is 4.39 Å². The first-order valence-electron chi connectivity index (χ1n) is 5.53. The molecule has 0 radical (unpaired) electrons. The van der Waals surface area contributed by atoms with Crippen molar-refractivity contribution in [1.29, 1.82) is 0 Å². The van der Waals surface area contributed by atoms with Crippen molar-refractivity contribution < 1.29 is 9.18 Å². The van der Waals surface area contributed by atoms with Crippen molar-refractivity contribution in [3.05, 3.63) is 29.6 Å². The zero-order valence-electron chi connectivity index (χ0n) is 9.22. The molecule has 3 nitrogen and oxygen atoms in total. The lowest BCUT2D eigenvalue weighted by molar-refractivity contribution is -0.119. The fourth-order valence-corrected chi connectivity index (χ4v) is 1.86. The fraction of sp³-hybridized carbons (Fsp3) is 0.417. The van der Waals surface area contributed by atoms with E-state index in [2.05, 4.69) is 10.6 Å². The van der Waals surface area contributed by atoms with E-state index in [-0.39, 0.29) is 17.8 Å². The molecule has 1 aromatic rings. The van der Waals surface area contributed by atoms with E-state index in [1.54, 1.807) is 6.07 Å². The highest BCUT2D eigenvalue weighted by atomic mass is 19.1. The molecule has 0 aromatic heterocycles. The first-order chi connectivity index (χ1) is 7.70. The Kier molecular flexibility index (Phi) is 3.08. The Morgan fingerprint density at radius 3 is 2.94 bits per heavy atom. The second kappa shape index (κ2) is 4.51. The molecular weight excluding hydrogens is 207 g/mol. The monoisotopic (exact) mass is 222 g/mol. The molecule has 1 fully saturated rings. The molecular formula is C12H15FN2O. The van der Waals surface area contributed by atoms with E-state index in [9.17, 15) is 9.18 Å². The van der Waals surface area contributed by atoms with Crippen molar-refractivity contribution in [3.8, 4) is 0 Å². The summed E-state index contributed by atoms with van der Waals surface area (Å²) in [5.74, 6) is -0.231. The quantitative estimate of drug-likeness (QED) is 0.817. The minimum atomic E-state index is -0.230. The van der Waals surface area contributed by atoms with Crippen LogP contribution in [0, 0.1) is 5.82 Å². The molecule has 1 saturated heterocycles. The zero-order chi connectivity index (χ0) is 11.5. The lowest BCUT2D eigenvalue weighted by Gasteiger charge is -2.12. The number of nitrogens with one attached hydrogen (secondary N) is 2. The van der Waals surface area contributed by atoms with Gasteiger partial charge in [-0.05, 0) is 30.5 Å². The number of aryl methyl sites for hydroxylation is 1. The van der Waals surface area contributed by atoms with E-state index in [1.165, 1.54) is 6.07 Å². The fourth-order valence-electron chi connectivity index (χ4n) is 1.86. The van der Waals surface area contributed by atoms with Gasteiger partial charge in [0, 0.05) is 12.2 Å². The Morgan fingerprint density at radius 2 is 2.38 bits per heavy atom. The molecule has 1 heterocycles. The molecule has 0 unspecified atom stereocenters. The third-order valence-corrected chi connectivity index (χ3v) is 2.82. The number of amides is 1. The maximum absolute atomic E-state index is 13.5. The van der Waals surface area contributed by atoms with Gasteiger partial charge in [-0.15, -0.1) is 0 Å². The highest BCUT2D eigenvalue weighted by molar-refractivity contribution is 5.86. The summed E-state index contributed by atoms with van der Waals surface area (Å²) in [6.07, 6.45) is 1.42. The van der Waals surface area contributed by atoms with E-state index in [0.717, 1.165) is 6.42 Å². The van der Waals surface area contributed by atoms with Gasteiger partial charge >= 0.3 is 0 Å². The Hall–Kier alpha value is -1.58. The predicted octanol–water partition coefficient (Wildman–Crippen LogP) is 1.69. The van der Waals surface area contributed by atoms with Crippen molar-refractivity contribution >= 4 is 11.6 Å². The molecule has 1 aromatic carbocycles. The van der Waals surface area contributed by atoms with Crippen LogP contribution in [-0.2, 0) is 11.2 Å². The topological polar surface area (TPSA) is 41.1 Å². The molecule has 1 atom stereocenters. The maximum atomic E-state index is 13.5. The lowest BCUT2D eigenvalue weighted by Crippen LogP contribution is -2.29. The van der Waals surface area contributed by atoms with Gasteiger partial charge < -0.3 is 10.6 Å². The average molecular weight is 222 g/mol. The van der Waals surface area contributed by atoms with Crippen LogP contribution in [0.25, 0.3) is 0 Å². The Labute approximate surface area is 94.0 Å². The van der Waals surface area contributed by atoms with E-state index >= 15 is 0 Å². The summed E-state index contributed by atoms with van der Waals surface area (Å²) >= 11 is 0. The summed E-state index contributed by atoms with van der Waals surface area (Å²) in [5.41, 5.74) is 1.36. The lowest BCUT2D eigenvalue weighted by atomic mass is 10.1. The normalized spacial score (nSPS) is 19.6. The summed E-state index contributed by atoms with van der Waals surface area (Å²) in [6.45, 7) is 2.60. The molecule has 0 spiro atoms. The summed E-state index contributed by atoms with van der Waals surface area (Å²) in [7, 11) is 0. The predicted molar refractivity (Wildman–Crippen MR) is 60.8 cm³/mol. The highest BCUT2D eigenvalue weighted by Crippen LogP contribution is 2.17. The second-order valence-corrected chi connectivity index (χ2v) is 3.94. The SMILES string of the molecule is CCc1ccc(N[C@H]2CCNC2=O)cc1F. The molecule has 0 aliphatic carbocycles. The average Bonchev–Trinajstić information content (AvgIpc) is 2.65. The van der Waals surface area contributed by atoms with E-state index in [4.69, 9.17) is 0 Å². The number of anilines is 1. The molecule has 2 rings (SSSR count). The van der Waals surface area contributed by atoms with Crippen LogP contribution in [0.4, 0.5) is 10.1 Å². The van der Waals surface area contributed by atoms with Gasteiger partial charge in [-0.2, -0.15) is 0 Å². The van der Waals surface area contributed by atoms with Crippen LogP contribution >= 0.6 is 0 Å². The molecule has 0 bridgehead atoms. The van der Waals surface area contributed by atoms with Gasteiger partial charge in [0.2, 0.25) is 5.91 Å². The van der Waals surface area contributed by atoms with Crippen molar-refractivity contribution in [3.63, 3.8) is 0 Å². The third kappa shape index (κ3) is 2.15. The number of hydrogen-bond acceptors (Lipinski definition) is 2. The highest BCUT2D eigenvalue weighted by Gasteiger charge is 2.23. The largest absolute Gasteiger partial charge is 0.374 e. The van der Waals surface area contributed by atoms with Gasteiger partial charge in [0.05, 0.1) is 0 Å². The molecule has 4 heteroatoms. The van der Waals surface area contributed by atoms with E-state index < -0.39 is 0 Å². The van der Waals surface area contributed by atoms with E-state index in [1.807, 2.05) is 13.0 Å².